The minimum absolute atomic E-state index is 0.297. The summed E-state index contributed by atoms with van der Waals surface area (Å²) in [4.78, 5) is 0. The van der Waals surface area contributed by atoms with Gasteiger partial charge in [-0.05, 0) is 31.4 Å². The molecule has 1 rings (SSSR count). The van der Waals surface area contributed by atoms with Crippen molar-refractivity contribution in [3.63, 3.8) is 0 Å². The smallest absolute Gasteiger partial charge is 0.125 e. The molecule has 0 aliphatic rings. The SMILES string of the molecule is CNC(C)c1ccc(Br)cc1OCCSC(C)C. The van der Waals surface area contributed by atoms with Crippen molar-refractivity contribution < 1.29 is 4.74 Å². The van der Waals surface area contributed by atoms with E-state index in [0.717, 1.165) is 22.6 Å². The third-order valence-corrected chi connectivity index (χ3v) is 4.23. The molecule has 0 saturated heterocycles. The predicted molar refractivity (Wildman–Crippen MR) is 84.7 cm³/mol. The van der Waals surface area contributed by atoms with Gasteiger partial charge in [0, 0.05) is 21.8 Å². The molecule has 1 aromatic carbocycles. The number of thioether (sulfide) groups is 1. The summed E-state index contributed by atoms with van der Waals surface area (Å²) in [6.07, 6.45) is 0. The Morgan fingerprint density at radius 1 is 1.33 bits per heavy atom. The van der Waals surface area contributed by atoms with E-state index in [0.29, 0.717) is 11.3 Å². The molecule has 0 aromatic heterocycles. The van der Waals surface area contributed by atoms with Crippen LogP contribution in [0.25, 0.3) is 0 Å². The largest absolute Gasteiger partial charge is 0.492 e. The lowest BCUT2D eigenvalue weighted by atomic mass is 10.1. The van der Waals surface area contributed by atoms with Crippen LogP contribution in [0.2, 0.25) is 0 Å². The Balaban J connectivity index is 2.64. The molecular weight excluding hydrogens is 310 g/mol. The molecule has 0 saturated carbocycles. The summed E-state index contributed by atoms with van der Waals surface area (Å²) >= 11 is 5.42. The third kappa shape index (κ3) is 5.21. The molecule has 1 aromatic rings. The minimum Gasteiger partial charge on any atom is -0.492 e. The number of hydrogen-bond donors (Lipinski definition) is 1. The van der Waals surface area contributed by atoms with Gasteiger partial charge < -0.3 is 10.1 Å². The van der Waals surface area contributed by atoms with E-state index < -0.39 is 0 Å². The number of rotatable bonds is 7. The number of ether oxygens (including phenoxy) is 1. The van der Waals surface area contributed by atoms with Gasteiger partial charge in [0.2, 0.25) is 0 Å². The maximum Gasteiger partial charge on any atom is 0.125 e. The van der Waals surface area contributed by atoms with E-state index in [1.807, 2.05) is 24.9 Å². The Hall–Kier alpha value is -0.190. The molecule has 1 unspecified atom stereocenters. The van der Waals surface area contributed by atoms with E-state index in [9.17, 15) is 0 Å². The number of hydrogen-bond acceptors (Lipinski definition) is 3. The maximum absolute atomic E-state index is 5.90. The monoisotopic (exact) mass is 331 g/mol. The summed E-state index contributed by atoms with van der Waals surface area (Å²) in [5.74, 6) is 1.99. The fourth-order valence-electron chi connectivity index (χ4n) is 1.58. The van der Waals surface area contributed by atoms with Gasteiger partial charge in [0.25, 0.3) is 0 Å². The first-order valence-electron chi connectivity index (χ1n) is 6.25. The Labute approximate surface area is 123 Å². The molecule has 0 aliphatic carbocycles. The first-order chi connectivity index (χ1) is 8.54. The van der Waals surface area contributed by atoms with Crippen LogP contribution in [0.1, 0.15) is 32.4 Å². The first-order valence-corrected chi connectivity index (χ1v) is 8.10. The number of halogens is 1. The zero-order valence-corrected chi connectivity index (χ0v) is 13.9. The molecule has 0 heterocycles. The lowest BCUT2D eigenvalue weighted by molar-refractivity contribution is 0.336. The Morgan fingerprint density at radius 2 is 2.06 bits per heavy atom. The Morgan fingerprint density at radius 3 is 2.67 bits per heavy atom. The second kappa shape index (κ2) is 8.08. The third-order valence-electron chi connectivity index (χ3n) is 2.67. The van der Waals surface area contributed by atoms with Crippen molar-refractivity contribution in [2.45, 2.75) is 32.1 Å². The summed E-state index contributed by atoms with van der Waals surface area (Å²) in [5.41, 5.74) is 1.20. The minimum atomic E-state index is 0.297. The van der Waals surface area contributed by atoms with Crippen molar-refractivity contribution in [3.05, 3.63) is 28.2 Å². The molecule has 0 aliphatic heterocycles. The number of nitrogens with one attached hydrogen (secondary N) is 1. The average Bonchev–Trinajstić information content (AvgIpc) is 2.33. The van der Waals surface area contributed by atoms with Crippen LogP contribution in [0.15, 0.2) is 22.7 Å². The Kier molecular flexibility index (Phi) is 7.12. The van der Waals surface area contributed by atoms with Gasteiger partial charge in [0.05, 0.1) is 6.61 Å². The molecule has 4 heteroatoms. The fourth-order valence-corrected chi connectivity index (χ4v) is 2.57. The lowest BCUT2D eigenvalue weighted by Crippen LogP contribution is -2.14. The van der Waals surface area contributed by atoms with Crippen LogP contribution in [0.3, 0.4) is 0 Å². The van der Waals surface area contributed by atoms with Gasteiger partial charge in [-0.3, -0.25) is 0 Å². The van der Waals surface area contributed by atoms with Crippen LogP contribution < -0.4 is 10.1 Å². The summed E-state index contributed by atoms with van der Waals surface area (Å²) in [6.45, 7) is 7.30. The Bertz CT molecular complexity index is 371. The molecule has 0 amide bonds. The van der Waals surface area contributed by atoms with Gasteiger partial charge in [-0.1, -0.05) is 35.8 Å². The summed E-state index contributed by atoms with van der Waals surface area (Å²) < 4.78 is 6.96. The molecule has 0 radical (unpaired) electrons. The van der Waals surface area contributed by atoms with E-state index in [2.05, 4.69) is 54.2 Å². The van der Waals surface area contributed by atoms with E-state index in [1.165, 1.54) is 5.56 Å². The van der Waals surface area contributed by atoms with E-state index in [4.69, 9.17) is 4.74 Å². The van der Waals surface area contributed by atoms with Crippen LogP contribution >= 0.6 is 27.7 Å². The van der Waals surface area contributed by atoms with E-state index in [-0.39, 0.29) is 0 Å². The predicted octanol–water partition coefficient (Wildman–Crippen LogP) is 4.25. The molecule has 0 fully saturated rings. The van der Waals surface area contributed by atoms with Crippen LogP contribution in [0.5, 0.6) is 5.75 Å². The molecule has 102 valence electrons. The van der Waals surface area contributed by atoms with Crippen molar-refractivity contribution in [2.24, 2.45) is 0 Å². The topological polar surface area (TPSA) is 21.3 Å². The summed E-state index contributed by atoms with van der Waals surface area (Å²) in [7, 11) is 1.96. The summed E-state index contributed by atoms with van der Waals surface area (Å²) in [5, 5.41) is 3.91. The van der Waals surface area contributed by atoms with Crippen molar-refractivity contribution in [2.75, 3.05) is 19.4 Å². The van der Waals surface area contributed by atoms with Crippen molar-refractivity contribution in [1.82, 2.24) is 5.32 Å². The van der Waals surface area contributed by atoms with Crippen LogP contribution in [-0.4, -0.2) is 24.7 Å². The zero-order valence-electron chi connectivity index (χ0n) is 11.5. The van der Waals surface area contributed by atoms with Gasteiger partial charge in [-0.2, -0.15) is 11.8 Å². The maximum atomic E-state index is 5.90. The van der Waals surface area contributed by atoms with E-state index in [1.54, 1.807) is 0 Å². The fraction of sp³-hybridized carbons (Fsp3) is 0.571. The first kappa shape index (κ1) is 15.9. The molecule has 0 bridgehead atoms. The highest BCUT2D eigenvalue weighted by atomic mass is 79.9. The highest BCUT2D eigenvalue weighted by Gasteiger charge is 2.10. The second-order valence-corrected chi connectivity index (χ2v) is 7.06. The summed E-state index contributed by atoms with van der Waals surface area (Å²) in [6, 6.07) is 6.50. The van der Waals surface area contributed by atoms with Crippen molar-refractivity contribution in [1.29, 1.82) is 0 Å². The molecule has 1 N–H and O–H groups in total. The van der Waals surface area contributed by atoms with Gasteiger partial charge in [-0.25, -0.2) is 0 Å². The molecule has 1 atom stereocenters. The molecule has 18 heavy (non-hydrogen) atoms. The average molecular weight is 332 g/mol. The quantitative estimate of drug-likeness (QED) is 0.754. The van der Waals surface area contributed by atoms with Gasteiger partial charge in [0.1, 0.15) is 5.75 Å². The van der Waals surface area contributed by atoms with Gasteiger partial charge in [-0.15, -0.1) is 0 Å². The van der Waals surface area contributed by atoms with Crippen molar-refractivity contribution >= 4 is 27.7 Å². The molecule has 0 spiro atoms. The lowest BCUT2D eigenvalue weighted by Gasteiger charge is -2.17. The standard InChI is InChI=1S/C14H22BrNOS/c1-10(2)18-8-7-17-14-9-12(15)5-6-13(14)11(3)16-4/h5-6,9-11,16H,7-8H2,1-4H3. The highest BCUT2D eigenvalue weighted by molar-refractivity contribution is 9.10. The van der Waals surface area contributed by atoms with Crippen LogP contribution in [0.4, 0.5) is 0 Å². The second-order valence-electron chi connectivity index (χ2n) is 4.46. The van der Waals surface area contributed by atoms with Crippen LogP contribution in [0, 0.1) is 0 Å². The van der Waals surface area contributed by atoms with E-state index >= 15 is 0 Å². The van der Waals surface area contributed by atoms with Crippen molar-refractivity contribution in [3.8, 4) is 5.75 Å². The number of benzene rings is 1. The normalized spacial score (nSPS) is 12.8. The van der Waals surface area contributed by atoms with Gasteiger partial charge in [0.15, 0.2) is 0 Å². The molecular formula is C14H22BrNOS. The zero-order chi connectivity index (χ0) is 13.5. The van der Waals surface area contributed by atoms with Gasteiger partial charge >= 0.3 is 0 Å². The van der Waals surface area contributed by atoms with Crippen LogP contribution in [-0.2, 0) is 0 Å². The highest BCUT2D eigenvalue weighted by Crippen LogP contribution is 2.28. The molecule has 2 nitrogen and oxygen atoms in total.